The van der Waals surface area contributed by atoms with Crippen LogP contribution < -0.4 is 4.90 Å². The molecular formula is C30H24BrCl2N3O3S2. The van der Waals surface area contributed by atoms with E-state index in [0.29, 0.717) is 31.3 Å². The molecule has 210 valence electrons. The fourth-order valence-corrected chi connectivity index (χ4v) is 7.10. The maximum atomic E-state index is 13.5. The Morgan fingerprint density at radius 1 is 1.02 bits per heavy atom. The van der Waals surface area contributed by atoms with Gasteiger partial charge in [0.15, 0.2) is 4.34 Å². The van der Waals surface area contributed by atoms with Gasteiger partial charge in [0.2, 0.25) is 5.13 Å². The first-order valence-corrected chi connectivity index (χ1v) is 15.9. The van der Waals surface area contributed by atoms with Gasteiger partial charge in [-0.2, -0.15) is 0 Å². The monoisotopic (exact) mass is 687 g/mol. The quantitative estimate of drug-likeness (QED) is 0.0717. The van der Waals surface area contributed by atoms with Gasteiger partial charge in [0, 0.05) is 25.8 Å². The molecule has 41 heavy (non-hydrogen) atoms. The van der Waals surface area contributed by atoms with Gasteiger partial charge in [-0.3, -0.25) is 14.5 Å². The standard InChI is InChI=1S/C30H24BrCl2N3O3S2/c1-30(2,3)19-9-4-16(5-10-19)24-23(25(37)17-6-11-20(31)12-7-17)26(38)27(39)36(24)28-34-35-29(41-28)40-15-18-8-13-21(32)14-22(18)33/h4-14,24,37H,15H2,1-3H3/b25-23-. The van der Waals surface area contributed by atoms with E-state index in [4.69, 9.17) is 23.2 Å². The van der Waals surface area contributed by atoms with Gasteiger partial charge in [0.1, 0.15) is 5.76 Å². The normalized spacial score (nSPS) is 16.9. The van der Waals surface area contributed by atoms with E-state index in [0.717, 1.165) is 15.6 Å². The van der Waals surface area contributed by atoms with E-state index in [-0.39, 0.29) is 21.9 Å². The lowest BCUT2D eigenvalue weighted by Gasteiger charge is -2.24. The molecule has 0 saturated carbocycles. The molecular weight excluding hydrogens is 665 g/mol. The second-order valence-corrected chi connectivity index (χ2v) is 14.4. The molecule has 5 rings (SSSR count). The molecule has 1 amide bonds. The summed E-state index contributed by atoms with van der Waals surface area (Å²) in [5.41, 5.74) is 2.99. The molecule has 11 heteroatoms. The van der Waals surface area contributed by atoms with Crippen LogP contribution in [-0.2, 0) is 20.8 Å². The number of thioether (sulfide) groups is 1. The summed E-state index contributed by atoms with van der Waals surface area (Å²) < 4.78 is 1.42. The van der Waals surface area contributed by atoms with Crippen LogP contribution in [0.25, 0.3) is 5.76 Å². The minimum Gasteiger partial charge on any atom is -0.507 e. The summed E-state index contributed by atoms with van der Waals surface area (Å²) in [7, 11) is 0. The highest BCUT2D eigenvalue weighted by atomic mass is 79.9. The number of aliphatic hydroxyl groups is 1. The van der Waals surface area contributed by atoms with E-state index >= 15 is 0 Å². The molecule has 1 saturated heterocycles. The molecule has 1 unspecified atom stereocenters. The highest BCUT2D eigenvalue weighted by Gasteiger charge is 2.48. The fourth-order valence-electron chi connectivity index (χ4n) is 4.41. The number of Topliss-reactive ketones (excluding diaryl/α,β-unsaturated/α-hetero) is 1. The van der Waals surface area contributed by atoms with Crippen LogP contribution in [0, 0.1) is 0 Å². The van der Waals surface area contributed by atoms with Gasteiger partial charge >= 0.3 is 5.91 Å². The number of anilines is 1. The van der Waals surface area contributed by atoms with Crippen LogP contribution in [0.15, 0.2) is 81.1 Å². The molecule has 0 bridgehead atoms. The summed E-state index contributed by atoms with van der Waals surface area (Å²) in [6.07, 6.45) is 0. The molecule has 1 atom stereocenters. The lowest BCUT2D eigenvalue weighted by atomic mass is 9.85. The third-order valence-corrected chi connectivity index (χ3v) is 9.84. The molecule has 2 heterocycles. The first-order valence-electron chi connectivity index (χ1n) is 12.5. The molecule has 0 radical (unpaired) electrons. The Bertz CT molecular complexity index is 1670. The second-order valence-electron chi connectivity index (χ2n) is 10.4. The van der Waals surface area contributed by atoms with E-state index in [9.17, 15) is 14.7 Å². The number of carbonyl (C=O) groups is 2. The van der Waals surface area contributed by atoms with Crippen LogP contribution in [0.4, 0.5) is 5.13 Å². The van der Waals surface area contributed by atoms with Crippen molar-refractivity contribution in [3.05, 3.63) is 109 Å². The number of rotatable bonds is 6. The van der Waals surface area contributed by atoms with E-state index in [1.807, 2.05) is 30.3 Å². The number of hydrogen-bond acceptors (Lipinski definition) is 7. The molecule has 0 aliphatic carbocycles. The first kappa shape index (κ1) is 29.8. The Labute approximate surface area is 264 Å². The second kappa shape index (κ2) is 11.9. The van der Waals surface area contributed by atoms with Gasteiger partial charge in [-0.05, 0) is 46.4 Å². The van der Waals surface area contributed by atoms with Crippen molar-refractivity contribution in [2.75, 3.05) is 4.90 Å². The lowest BCUT2D eigenvalue weighted by molar-refractivity contribution is -0.132. The maximum absolute atomic E-state index is 13.5. The number of benzene rings is 3. The van der Waals surface area contributed by atoms with E-state index in [2.05, 4.69) is 46.9 Å². The number of nitrogens with zero attached hydrogens (tertiary/aromatic N) is 3. The average molecular weight is 689 g/mol. The summed E-state index contributed by atoms with van der Waals surface area (Å²) in [4.78, 5) is 28.3. The van der Waals surface area contributed by atoms with Crippen LogP contribution in [0.1, 0.15) is 49.1 Å². The van der Waals surface area contributed by atoms with Crippen molar-refractivity contribution in [1.82, 2.24) is 10.2 Å². The minimum atomic E-state index is -0.885. The average Bonchev–Trinajstić information content (AvgIpc) is 3.50. The van der Waals surface area contributed by atoms with Crippen molar-refractivity contribution in [1.29, 1.82) is 0 Å². The largest absolute Gasteiger partial charge is 0.507 e. The van der Waals surface area contributed by atoms with Crippen LogP contribution in [0.5, 0.6) is 0 Å². The molecule has 1 fully saturated rings. The number of halogens is 3. The molecule has 1 aromatic heterocycles. The number of ketones is 1. The van der Waals surface area contributed by atoms with Crippen molar-refractivity contribution in [3.8, 4) is 0 Å². The molecule has 6 nitrogen and oxygen atoms in total. The topological polar surface area (TPSA) is 83.4 Å². The van der Waals surface area contributed by atoms with E-state index in [1.54, 1.807) is 36.4 Å². The summed E-state index contributed by atoms with van der Waals surface area (Å²) in [6, 6.07) is 19.0. The fraction of sp³-hybridized carbons (Fsp3) is 0.200. The first-order chi connectivity index (χ1) is 19.4. The Hall–Kier alpha value is -2.69. The van der Waals surface area contributed by atoms with E-state index in [1.165, 1.54) is 28.0 Å². The number of aromatic nitrogens is 2. The van der Waals surface area contributed by atoms with Crippen molar-refractivity contribution < 1.29 is 14.7 Å². The zero-order valence-corrected chi connectivity index (χ0v) is 26.9. The number of amides is 1. The maximum Gasteiger partial charge on any atom is 0.301 e. The van der Waals surface area contributed by atoms with Crippen molar-refractivity contribution in [2.24, 2.45) is 0 Å². The molecule has 1 aliphatic rings. The summed E-state index contributed by atoms with van der Waals surface area (Å²) in [5.74, 6) is -1.29. The van der Waals surface area contributed by atoms with Gasteiger partial charge in [-0.15, -0.1) is 10.2 Å². The van der Waals surface area contributed by atoms with Crippen molar-refractivity contribution in [2.45, 2.75) is 42.3 Å². The number of hydrogen-bond donors (Lipinski definition) is 1. The predicted octanol–water partition coefficient (Wildman–Crippen LogP) is 8.82. The van der Waals surface area contributed by atoms with Crippen molar-refractivity contribution in [3.63, 3.8) is 0 Å². The van der Waals surface area contributed by atoms with Crippen LogP contribution in [0.2, 0.25) is 10.0 Å². The number of aliphatic hydroxyl groups excluding tert-OH is 1. The third-order valence-electron chi connectivity index (χ3n) is 6.62. The van der Waals surface area contributed by atoms with Gasteiger partial charge in [-0.1, -0.05) is 125 Å². The molecule has 4 aromatic rings. The zero-order chi connectivity index (χ0) is 29.5. The highest BCUT2D eigenvalue weighted by molar-refractivity contribution is 9.10. The smallest absolute Gasteiger partial charge is 0.301 e. The summed E-state index contributed by atoms with van der Waals surface area (Å²) >= 11 is 18.3. The molecule has 0 spiro atoms. The van der Waals surface area contributed by atoms with Gasteiger partial charge in [-0.25, -0.2) is 0 Å². The molecule has 1 aliphatic heterocycles. The summed E-state index contributed by atoms with van der Waals surface area (Å²) in [5, 5.41) is 21.3. The van der Waals surface area contributed by atoms with Gasteiger partial charge < -0.3 is 5.11 Å². The van der Waals surface area contributed by atoms with Crippen LogP contribution >= 0.6 is 62.2 Å². The van der Waals surface area contributed by atoms with Gasteiger partial charge in [0.25, 0.3) is 5.78 Å². The SMILES string of the molecule is CC(C)(C)c1ccc(C2/C(=C(/O)c3ccc(Br)cc3)C(=O)C(=O)N2c2nnc(SCc3ccc(Cl)cc3Cl)s2)cc1. The van der Waals surface area contributed by atoms with Crippen LogP contribution in [0.3, 0.4) is 0 Å². The van der Waals surface area contributed by atoms with Crippen molar-refractivity contribution >= 4 is 84.8 Å². The van der Waals surface area contributed by atoms with E-state index < -0.39 is 17.7 Å². The highest BCUT2D eigenvalue weighted by Crippen LogP contribution is 2.44. The molecule has 3 aromatic carbocycles. The lowest BCUT2D eigenvalue weighted by Crippen LogP contribution is -2.29. The Balaban J connectivity index is 1.54. The van der Waals surface area contributed by atoms with Crippen LogP contribution in [-0.4, -0.2) is 27.0 Å². The summed E-state index contributed by atoms with van der Waals surface area (Å²) in [6.45, 7) is 6.33. The minimum absolute atomic E-state index is 0.00168. The predicted molar refractivity (Wildman–Crippen MR) is 170 cm³/mol. The molecule has 1 N–H and O–H groups in total. The van der Waals surface area contributed by atoms with Gasteiger partial charge in [0.05, 0.1) is 11.6 Å². The zero-order valence-electron chi connectivity index (χ0n) is 22.2. The Morgan fingerprint density at radius 3 is 2.34 bits per heavy atom. The Morgan fingerprint density at radius 2 is 1.71 bits per heavy atom. The number of carbonyl (C=O) groups excluding carboxylic acids is 2. The Kier molecular flexibility index (Phi) is 8.64. The third kappa shape index (κ3) is 6.24.